The highest BCUT2D eigenvalue weighted by Crippen LogP contribution is 2.31. The van der Waals surface area contributed by atoms with Crippen LogP contribution in [0, 0.1) is 0 Å². The fraction of sp³-hybridized carbons (Fsp3) is 0. The van der Waals surface area contributed by atoms with E-state index in [1.165, 1.54) is 12.1 Å². The minimum atomic E-state index is -0.667. The first-order valence-corrected chi connectivity index (χ1v) is 10.9. The molecule has 6 nitrogen and oxygen atoms in total. The van der Waals surface area contributed by atoms with Gasteiger partial charge in [0.25, 0.3) is 17.7 Å². The number of anilines is 3. The normalized spacial score (nSPS) is 13.5. The van der Waals surface area contributed by atoms with Gasteiger partial charge >= 0.3 is 0 Å². The second-order valence-electron chi connectivity index (χ2n) is 6.90. The van der Waals surface area contributed by atoms with Crippen LogP contribution in [0.25, 0.3) is 0 Å². The molecule has 2 N–H and O–H groups in total. The summed E-state index contributed by atoms with van der Waals surface area (Å²) in [5.74, 6) is -1.70. The Balaban J connectivity index is 1.53. The predicted molar refractivity (Wildman–Crippen MR) is 131 cm³/mol. The summed E-state index contributed by atoms with van der Waals surface area (Å²) in [7, 11) is 0. The quantitative estimate of drug-likeness (QED) is 0.385. The van der Waals surface area contributed by atoms with Crippen molar-refractivity contribution in [2.24, 2.45) is 0 Å². The topological polar surface area (TPSA) is 78.5 Å². The third-order valence-electron chi connectivity index (χ3n) is 4.68. The Morgan fingerprint density at radius 1 is 0.758 bits per heavy atom. The van der Waals surface area contributed by atoms with Gasteiger partial charge in [-0.25, -0.2) is 4.90 Å². The summed E-state index contributed by atoms with van der Waals surface area (Å²) in [6.45, 7) is 0. The van der Waals surface area contributed by atoms with E-state index in [-0.39, 0.29) is 10.7 Å². The monoisotopic (exact) mass is 519 g/mol. The molecule has 0 aromatic heterocycles. The van der Waals surface area contributed by atoms with E-state index in [1.54, 1.807) is 54.6 Å². The fourth-order valence-electron chi connectivity index (χ4n) is 3.10. The number of amides is 3. The van der Waals surface area contributed by atoms with Gasteiger partial charge in [-0.05, 0) is 60.7 Å². The minimum absolute atomic E-state index is 0.0985. The molecule has 0 aliphatic carbocycles. The maximum Gasteiger partial charge on any atom is 0.283 e. The van der Waals surface area contributed by atoms with Gasteiger partial charge in [0.15, 0.2) is 0 Å². The van der Waals surface area contributed by atoms with E-state index in [0.29, 0.717) is 37.7 Å². The Kier molecular flexibility index (Phi) is 6.63. The number of rotatable bonds is 5. The van der Waals surface area contributed by atoms with Crippen molar-refractivity contribution in [3.63, 3.8) is 0 Å². The molecule has 4 rings (SSSR count). The molecular weight excluding hydrogens is 508 g/mol. The molecule has 0 saturated heterocycles. The van der Waals surface area contributed by atoms with Crippen LogP contribution >= 0.6 is 46.4 Å². The van der Waals surface area contributed by atoms with Crippen molar-refractivity contribution in [2.75, 3.05) is 15.5 Å². The van der Waals surface area contributed by atoms with Crippen molar-refractivity contribution in [1.29, 1.82) is 0 Å². The zero-order valence-electron chi connectivity index (χ0n) is 16.5. The lowest BCUT2D eigenvalue weighted by Crippen LogP contribution is -2.32. The van der Waals surface area contributed by atoms with Crippen LogP contribution in [0.5, 0.6) is 0 Å². The van der Waals surface area contributed by atoms with Crippen molar-refractivity contribution >= 4 is 81.2 Å². The summed E-state index contributed by atoms with van der Waals surface area (Å²) < 4.78 is 0. The summed E-state index contributed by atoms with van der Waals surface area (Å²) in [4.78, 5) is 39.1. The van der Waals surface area contributed by atoms with E-state index in [2.05, 4.69) is 10.6 Å². The third kappa shape index (κ3) is 4.84. The number of nitrogens with zero attached hydrogens (tertiary/aromatic N) is 1. The highest BCUT2D eigenvalue weighted by Gasteiger charge is 2.39. The van der Waals surface area contributed by atoms with Crippen LogP contribution in [0.3, 0.4) is 0 Å². The molecule has 1 aliphatic rings. The van der Waals surface area contributed by atoms with Crippen LogP contribution in [-0.4, -0.2) is 17.7 Å². The molecule has 0 atom stereocenters. The number of imide groups is 1. The Labute approximate surface area is 208 Å². The molecule has 1 heterocycles. The Bertz CT molecular complexity index is 1320. The molecule has 10 heteroatoms. The number of carbonyl (C=O) groups is 3. The molecule has 3 aromatic rings. The summed E-state index contributed by atoms with van der Waals surface area (Å²) in [6, 6.07) is 17.3. The van der Waals surface area contributed by atoms with Crippen LogP contribution in [0.2, 0.25) is 15.1 Å². The Morgan fingerprint density at radius 3 is 2.18 bits per heavy atom. The second kappa shape index (κ2) is 9.45. The lowest BCUT2D eigenvalue weighted by molar-refractivity contribution is -0.120. The zero-order chi connectivity index (χ0) is 23.7. The molecule has 0 spiro atoms. The Hall–Kier alpha value is -3.03. The largest absolute Gasteiger partial charge is 0.350 e. The van der Waals surface area contributed by atoms with Crippen LogP contribution in [0.15, 0.2) is 77.5 Å². The van der Waals surface area contributed by atoms with Gasteiger partial charge in [-0.3, -0.25) is 14.4 Å². The molecule has 1 aliphatic heterocycles. The molecular formula is C23H13Cl4N3O3. The van der Waals surface area contributed by atoms with Crippen LogP contribution < -0.4 is 15.5 Å². The van der Waals surface area contributed by atoms with Crippen LogP contribution in [0.4, 0.5) is 17.1 Å². The summed E-state index contributed by atoms with van der Waals surface area (Å²) in [5, 5.41) is 6.44. The lowest BCUT2D eigenvalue weighted by Gasteiger charge is -2.15. The zero-order valence-corrected chi connectivity index (χ0v) is 19.6. The third-order valence-corrected chi connectivity index (χ3v) is 6.03. The van der Waals surface area contributed by atoms with Gasteiger partial charge in [-0.1, -0.05) is 52.5 Å². The first kappa shape index (κ1) is 23.1. The SMILES string of the molecule is O=C(Nc1ccc(Cl)c(Cl)c1)c1cccc(NC2=C(Cl)C(=O)N(c3ccc(Cl)cc3)C2=O)c1. The lowest BCUT2D eigenvalue weighted by atomic mass is 10.1. The van der Waals surface area contributed by atoms with Crippen molar-refractivity contribution in [3.05, 3.63) is 98.1 Å². The van der Waals surface area contributed by atoms with Gasteiger partial charge in [0.2, 0.25) is 0 Å². The standard InChI is InChI=1S/C23H13Cl4N3O3/c24-13-4-7-16(8-5-13)30-22(32)19(27)20(23(30)33)28-14-3-1-2-12(10-14)21(31)29-15-6-9-17(25)18(26)11-15/h1-11,28H,(H,29,31). The van der Waals surface area contributed by atoms with Crippen molar-refractivity contribution in [1.82, 2.24) is 0 Å². The maximum absolute atomic E-state index is 12.9. The van der Waals surface area contributed by atoms with Gasteiger partial charge in [-0.2, -0.15) is 0 Å². The number of hydrogen-bond acceptors (Lipinski definition) is 4. The molecule has 3 aromatic carbocycles. The summed E-state index contributed by atoms with van der Waals surface area (Å²) in [6.07, 6.45) is 0. The molecule has 0 bridgehead atoms. The molecule has 3 amide bonds. The minimum Gasteiger partial charge on any atom is -0.350 e. The first-order valence-electron chi connectivity index (χ1n) is 9.42. The molecule has 0 saturated carbocycles. The van der Waals surface area contributed by atoms with Crippen LogP contribution in [-0.2, 0) is 9.59 Å². The van der Waals surface area contributed by atoms with Crippen molar-refractivity contribution in [2.45, 2.75) is 0 Å². The maximum atomic E-state index is 12.9. The molecule has 0 unspecified atom stereocenters. The second-order valence-corrected chi connectivity index (χ2v) is 8.53. The molecule has 166 valence electrons. The average Bonchev–Trinajstić information content (AvgIpc) is 3.00. The van der Waals surface area contributed by atoms with E-state index in [9.17, 15) is 14.4 Å². The summed E-state index contributed by atoms with van der Waals surface area (Å²) in [5.41, 5.74) is 1.39. The molecule has 33 heavy (non-hydrogen) atoms. The van der Waals surface area contributed by atoms with Gasteiger partial charge < -0.3 is 10.6 Å². The van der Waals surface area contributed by atoms with E-state index in [4.69, 9.17) is 46.4 Å². The number of hydrogen-bond donors (Lipinski definition) is 2. The number of halogens is 4. The van der Waals surface area contributed by atoms with E-state index >= 15 is 0 Å². The fourth-order valence-corrected chi connectivity index (χ4v) is 3.73. The Morgan fingerprint density at radius 2 is 1.48 bits per heavy atom. The number of carbonyl (C=O) groups excluding carboxylic acids is 3. The highest BCUT2D eigenvalue weighted by molar-refractivity contribution is 6.53. The number of nitrogens with one attached hydrogen (secondary N) is 2. The smallest absolute Gasteiger partial charge is 0.283 e. The van der Waals surface area contributed by atoms with Crippen LogP contribution in [0.1, 0.15) is 10.4 Å². The predicted octanol–water partition coefficient (Wildman–Crippen LogP) is 6.33. The first-order chi connectivity index (χ1) is 15.7. The average molecular weight is 521 g/mol. The van der Waals surface area contributed by atoms with Crippen molar-refractivity contribution < 1.29 is 14.4 Å². The van der Waals surface area contributed by atoms with Gasteiger partial charge in [0.1, 0.15) is 10.7 Å². The van der Waals surface area contributed by atoms with Gasteiger partial charge in [-0.15, -0.1) is 0 Å². The van der Waals surface area contributed by atoms with Gasteiger partial charge in [0.05, 0.1) is 15.7 Å². The van der Waals surface area contributed by atoms with E-state index in [1.807, 2.05) is 0 Å². The highest BCUT2D eigenvalue weighted by atomic mass is 35.5. The molecule has 0 fully saturated rings. The molecule has 0 radical (unpaired) electrons. The van der Waals surface area contributed by atoms with E-state index < -0.39 is 17.7 Å². The number of benzene rings is 3. The van der Waals surface area contributed by atoms with Crippen molar-refractivity contribution in [3.8, 4) is 0 Å². The van der Waals surface area contributed by atoms with Gasteiger partial charge in [0, 0.05) is 22.0 Å². The summed E-state index contributed by atoms with van der Waals surface area (Å²) >= 11 is 23.9. The van der Waals surface area contributed by atoms with E-state index in [0.717, 1.165) is 4.90 Å².